The number of fused-ring (bicyclic) bond motifs is 1. The molecule has 4 rings (SSSR count). The van der Waals surface area contributed by atoms with Gasteiger partial charge in [-0.1, -0.05) is 12.1 Å². The molecule has 0 atom stereocenters. The maximum absolute atomic E-state index is 5.33. The SMILES string of the molecule is COc1ccc(CN2CCn3nc(-c4ncco4)cc3C2)cc1. The van der Waals surface area contributed by atoms with Crippen molar-refractivity contribution in [3.05, 3.63) is 54.0 Å². The lowest BCUT2D eigenvalue weighted by atomic mass is 10.2. The van der Waals surface area contributed by atoms with Gasteiger partial charge in [-0.05, 0) is 23.8 Å². The highest BCUT2D eigenvalue weighted by molar-refractivity contribution is 5.47. The maximum atomic E-state index is 5.33. The Morgan fingerprint density at radius 3 is 2.83 bits per heavy atom. The van der Waals surface area contributed by atoms with E-state index in [2.05, 4.69) is 33.2 Å². The van der Waals surface area contributed by atoms with Gasteiger partial charge in [-0.25, -0.2) is 4.98 Å². The molecule has 6 heteroatoms. The number of ether oxygens (including phenoxy) is 1. The standard InChI is InChI=1S/C17H18N4O2/c1-22-15-4-2-13(3-5-15)11-20-7-8-21-14(12-20)10-16(19-21)17-18-6-9-23-17/h2-6,9-10H,7-8,11-12H2,1H3. The zero-order valence-corrected chi connectivity index (χ0v) is 13.0. The van der Waals surface area contributed by atoms with Gasteiger partial charge in [0, 0.05) is 19.6 Å². The van der Waals surface area contributed by atoms with E-state index in [-0.39, 0.29) is 0 Å². The first-order valence-corrected chi connectivity index (χ1v) is 7.64. The molecule has 23 heavy (non-hydrogen) atoms. The molecule has 3 heterocycles. The van der Waals surface area contributed by atoms with Crippen LogP contribution in [0.25, 0.3) is 11.6 Å². The molecule has 0 fully saturated rings. The Bertz CT molecular complexity index is 778. The number of hydrogen-bond acceptors (Lipinski definition) is 5. The molecular weight excluding hydrogens is 292 g/mol. The normalized spacial score (nSPS) is 14.7. The van der Waals surface area contributed by atoms with Crippen LogP contribution in [0.5, 0.6) is 5.75 Å². The van der Waals surface area contributed by atoms with Crippen LogP contribution in [-0.2, 0) is 19.6 Å². The minimum atomic E-state index is 0.577. The molecule has 118 valence electrons. The molecule has 1 aromatic carbocycles. The first-order valence-electron chi connectivity index (χ1n) is 7.64. The Labute approximate surface area is 134 Å². The van der Waals surface area contributed by atoms with Gasteiger partial charge in [0.1, 0.15) is 17.7 Å². The van der Waals surface area contributed by atoms with Gasteiger partial charge in [0.15, 0.2) is 0 Å². The second kappa shape index (κ2) is 5.89. The van der Waals surface area contributed by atoms with E-state index < -0.39 is 0 Å². The van der Waals surface area contributed by atoms with Crippen molar-refractivity contribution in [1.29, 1.82) is 0 Å². The van der Waals surface area contributed by atoms with Crippen LogP contribution in [0.3, 0.4) is 0 Å². The monoisotopic (exact) mass is 310 g/mol. The maximum Gasteiger partial charge on any atom is 0.246 e. The number of oxazole rings is 1. The molecule has 1 aliphatic rings. The van der Waals surface area contributed by atoms with Gasteiger partial charge in [-0.15, -0.1) is 0 Å². The fraction of sp³-hybridized carbons (Fsp3) is 0.294. The van der Waals surface area contributed by atoms with Crippen LogP contribution in [0.4, 0.5) is 0 Å². The molecule has 2 aromatic heterocycles. The van der Waals surface area contributed by atoms with Crippen molar-refractivity contribution in [2.24, 2.45) is 0 Å². The molecule has 0 aliphatic carbocycles. The zero-order valence-electron chi connectivity index (χ0n) is 13.0. The molecule has 0 amide bonds. The lowest BCUT2D eigenvalue weighted by molar-refractivity contribution is 0.205. The third-order valence-electron chi connectivity index (χ3n) is 4.09. The van der Waals surface area contributed by atoms with E-state index in [9.17, 15) is 0 Å². The molecule has 0 saturated heterocycles. The lowest BCUT2D eigenvalue weighted by Gasteiger charge is -2.27. The van der Waals surface area contributed by atoms with Crippen LogP contribution in [0.1, 0.15) is 11.3 Å². The summed E-state index contributed by atoms with van der Waals surface area (Å²) in [6, 6.07) is 10.3. The van der Waals surface area contributed by atoms with Crippen LogP contribution in [0.15, 0.2) is 47.2 Å². The number of rotatable bonds is 4. The first kappa shape index (κ1) is 14.0. The fourth-order valence-corrected chi connectivity index (χ4v) is 2.90. The van der Waals surface area contributed by atoms with Gasteiger partial charge < -0.3 is 9.15 Å². The molecule has 1 aliphatic heterocycles. The van der Waals surface area contributed by atoms with Gasteiger partial charge >= 0.3 is 0 Å². The summed E-state index contributed by atoms with van der Waals surface area (Å²) in [6.07, 6.45) is 3.22. The third-order valence-corrected chi connectivity index (χ3v) is 4.09. The predicted octanol–water partition coefficient (Wildman–Crippen LogP) is 2.56. The molecule has 0 spiro atoms. The van der Waals surface area contributed by atoms with Gasteiger partial charge in [0.05, 0.1) is 25.5 Å². The van der Waals surface area contributed by atoms with Crippen LogP contribution < -0.4 is 4.74 Å². The molecule has 0 bridgehead atoms. The molecule has 3 aromatic rings. The second-order valence-corrected chi connectivity index (χ2v) is 5.64. The van der Waals surface area contributed by atoms with E-state index in [1.165, 1.54) is 11.3 Å². The summed E-state index contributed by atoms with van der Waals surface area (Å²) in [5.41, 5.74) is 3.28. The van der Waals surface area contributed by atoms with Crippen LogP contribution in [0.2, 0.25) is 0 Å². The van der Waals surface area contributed by atoms with Crippen LogP contribution in [0, 0.1) is 0 Å². The summed E-state index contributed by atoms with van der Waals surface area (Å²) >= 11 is 0. The van der Waals surface area contributed by atoms with Crippen molar-refractivity contribution in [2.75, 3.05) is 13.7 Å². The Hall–Kier alpha value is -2.60. The molecule has 0 unspecified atom stereocenters. The van der Waals surface area contributed by atoms with Gasteiger partial charge in [0.2, 0.25) is 5.89 Å². The van der Waals surface area contributed by atoms with Crippen molar-refractivity contribution in [3.63, 3.8) is 0 Å². The van der Waals surface area contributed by atoms with Crippen molar-refractivity contribution >= 4 is 0 Å². The quantitative estimate of drug-likeness (QED) is 0.741. The summed E-state index contributed by atoms with van der Waals surface area (Å²) in [5, 5.41) is 4.57. The smallest absolute Gasteiger partial charge is 0.246 e. The number of nitrogens with zero attached hydrogens (tertiary/aromatic N) is 4. The summed E-state index contributed by atoms with van der Waals surface area (Å²) in [6.45, 7) is 3.65. The van der Waals surface area contributed by atoms with Gasteiger partial charge in [-0.2, -0.15) is 5.10 Å². The Kier molecular flexibility index (Phi) is 3.59. The van der Waals surface area contributed by atoms with E-state index in [0.29, 0.717) is 5.89 Å². The van der Waals surface area contributed by atoms with Gasteiger partial charge in [-0.3, -0.25) is 9.58 Å². The lowest BCUT2D eigenvalue weighted by Crippen LogP contribution is -2.33. The second-order valence-electron chi connectivity index (χ2n) is 5.64. The molecule has 0 radical (unpaired) electrons. The number of benzene rings is 1. The van der Waals surface area contributed by atoms with E-state index in [4.69, 9.17) is 9.15 Å². The Morgan fingerprint density at radius 2 is 2.09 bits per heavy atom. The number of hydrogen-bond donors (Lipinski definition) is 0. The average Bonchev–Trinajstić information content (AvgIpc) is 3.24. The van der Waals surface area contributed by atoms with E-state index in [1.807, 2.05) is 16.8 Å². The van der Waals surface area contributed by atoms with E-state index in [1.54, 1.807) is 19.6 Å². The van der Waals surface area contributed by atoms with Crippen LogP contribution in [-0.4, -0.2) is 33.3 Å². The molecular formula is C17H18N4O2. The third kappa shape index (κ3) is 2.85. The number of methoxy groups -OCH3 is 1. The van der Waals surface area contributed by atoms with Crippen molar-refractivity contribution in [1.82, 2.24) is 19.7 Å². The van der Waals surface area contributed by atoms with E-state index >= 15 is 0 Å². The predicted molar refractivity (Wildman–Crippen MR) is 84.8 cm³/mol. The zero-order chi connectivity index (χ0) is 15.6. The van der Waals surface area contributed by atoms with Crippen molar-refractivity contribution < 1.29 is 9.15 Å². The molecule has 6 nitrogen and oxygen atoms in total. The largest absolute Gasteiger partial charge is 0.497 e. The minimum absolute atomic E-state index is 0.577. The van der Waals surface area contributed by atoms with Crippen LogP contribution >= 0.6 is 0 Å². The highest BCUT2D eigenvalue weighted by atomic mass is 16.5. The Morgan fingerprint density at radius 1 is 1.22 bits per heavy atom. The molecule has 0 N–H and O–H groups in total. The average molecular weight is 310 g/mol. The van der Waals surface area contributed by atoms with Crippen molar-refractivity contribution in [3.8, 4) is 17.3 Å². The first-order chi connectivity index (χ1) is 11.3. The summed E-state index contributed by atoms with van der Waals surface area (Å²) in [4.78, 5) is 6.58. The van der Waals surface area contributed by atoms with Crippen molar-refractivity contribution in [2.45, 2.75) is 19.6 Å². The summed E-state index contributed by atoms with van der Waals surface area (Å²) < 4.78 is 12.6. The highest BCUT2D eigenvalue weighted by Crippen LogP contribution is 2.22. The number of aromatic nitrogens is 3. The Balaban J connectivity index is 1.47. The minimum Gasteiger partial charge on any atom is -0.497 e. The summed E-state index contributed by atoms with van der Waals surface area (Å²) in [7, 11) is 1.69. The molecule has 0 saturated carbocycles. The van der Waals surface area contributed by atoms with Gasteiger partial charge in [0.25, 0.3) is 0 Å². The topological polar surface area (TPSA) is 56.3 Å². The summed E-state index contributed by atoms with van der Waals surface area (Å²) in [5.74, 6) is 1.47. The highest BCUT2D eigenvalue weighted by Gasteiger charge is 2.20. The van der Waals surface area contributed by atoms with E-state index in [0.717, 1.165) is 37.6 Å². The fourth-order valence-electron chi connectivity index (χ4n) is 2.90.